The van der Waals surface area contributed by atoms with Crippen LogP contribution in [-0.4, -0.2) is 15.9 Å². The molecule has 0 aliphatic heterocycles. The maximum Gasteiger partial charge on any atom is 0.227 e. The Bertz CT molecular complexity index is 991. The van der Waals surface area contributed by atoms with E-state index in [2.05, 4.69) is 16.4 Å². The number of pyridine rings is 1. The van der Waals surface area contributed by atoms with E-state index in [1.165, 1.54) is 4.88 Å². The van der Waals surface area contributed by atoms with Crippen LogP contribution in [0.2, 0.25) is 0 Å². The molecule has 5 nitrogen and oxygen atoms in total. The van der Waals surface area contributed by atoms with Crippen molar-refractivity contribution in [3.05, 3.63) is 64.8 Å². The van der Waals surface area contributed by atoms with Crippen molar-refractivity contribution in [2.45, 2.75) is 19.3 Å². The van der Waals surface area contributed by atoms with Gasteiger partial charge < -0.3 is 5.32 Å². The zero-order valence-corrected chi connectivity index (χ0v) is 14.8. The van der Waals surface area contributed by atoms with Crippen molar-refractivity contribution in [3.63, 3.8) is 0 Å². The summed E-state index contributed by atoms with van der Waals surface area (Å²) in [7, 11) is 0. The highest BCUT2D eigenvalue weighted by molar-refractivity contribution is 7.15. The first kappa shape index (κ1) is 16.4. The monoisotopic (exact) mass is 360 g/mol. The van der Waals surface area contributed by atoms with Gasteiger partial charge in [0.1, 0.15) is 5.01 Å². The van der Waals surface area contributed by atoms with Crippen molar-refractivity contribution in [1.82, 2.24) is 9.97 Å². The number of aromatic nitrogens is 2. The van der Waals surface area contributed by atoms with Crippen LogP contribution in [0, 0.1) is 17.2 Å². The van der Waals surface area contributed by atoms with E-state index in [0.717, 1.165) is 29.2 Å². The predicted octanol–water partition coefficient (Wildman–Crippen LogP) is 3.82. The number of benzene rings is 1. The molecule has 0 bridgehead atoms. The molecule has 3 aromatic rings. The summed E-state index contributed by atoms with van der Waals surface area (Å²) < 4.78 is 0. The van der Waals surface area contributed by atoms with Crippen LogP contribution >= 0.6 is 11.3 Å². The van der Waals surface area contributed by atoms with Crippen LogP contribution in [0.1, 0.15) is 22.6 Å². The van der Waals surface area contributed by atoms with Gasteiger partial charge in [0.15, 0.2) is 0 Å². The maximum atomic E-state index is 12.6. The van der Waals surface area contributed by atoms with Crippen LogP contribution < -0.4 is 5.32 Å². The van der Waals surface area contributed by atoms with Gasteiger partial charge in [0.2, 0.25) is 5.91 Å². The third-order valence-corrected chi connectivity index (χ3v) is 5.60. The number of aryl methyl sites for hydroxylation is 1. The molecule has 0 saturated heterocycles. The van der Waals surface area contributed by atoms with Gasteiger partial charge in [-0.3, -0.25) is 9.78 Å². The van der Waals surface area contributed by atoms with E-state index in [0.29, 0.717) is 17.7 Å². The predicted molar refractivity (Wildman–Crippen MR) is 101 cm³/mol. The van der Waals surface area contributed by atoms with E-state index < -0.39 is 0 Å². The molecule has 1 N–H and O–H groups in total. The Kier molecular flexibility index (Phi) is 4.46. The van der Waals surface area contributed by atoms with Crippen molar-refractivity contribution in [3.8, 4) is 16.8 Å². The third-order valence-electron chi connectivity index (χ3n) is 4.45. The summed E-state index contributed by atoms with van der Waals surface area (Å²) >= 11 is 1.63. The second-order valence-corrected chi connectivity index (χ2v) is 7.31. The van der Waals surface area contributed by atoms with Gasteiger partial charge in [-0.25, -0.2) is 4.98 Å². The van der Waals surface area contributed by atoms with Crippen LogP contribution in [0.25, 0.3) is 10.7 Å². The van der Waals surface area contributed by atoms with E-state index in [4.69, 9.17) is 10.2 Å². The van der Waals surface area contributed by atoms with Gasteiger partial charge >= 0.3 is 0 Å². The second-order valence-electron chi connectivity index (χ2n) is 6.23. The lowest BCUT2D eigenvalue weighted by Crippen LogP contribution is -2.27. The van der Waals surface area contributed by atoms with E-state index in [-0.39, 0.29) is 11.8 Å². The summed E-state index contributed by atoms with van der Waals surface area (Å²) in [5.41, 5.74) is 3.17. The van der Waals surface area contributed by atoms with Crippen LogP contribution in [0.4, 0.5) is 5.69 Å². The summed E-state index contributed by atoms with van der Waals surface area (Å²) in [6.07, 6.45) is 4.04. The number of rotatable bonds is 3. The first-order valence-electron chi connectivity index (χ1n) is 8.44. The fraction of sp³-hybridized carbons (Fsp3) is 0.200. The lowest BCUT2D eigenvalue weighted by molar-refractivity contribution is -0.120. The standard InChI is InChI=1S/C20H16N4OS/c21-12-13-4-3-5-15(10-13)23-19(25)14-7-8-16-18(11-14)26-20(24-16)17-6-1-2-9-22-17/h1-6,9-10,14H,7-8,11H2,(H,23,25). The smallest absolute Gasteiger partial charge is 0.227 e. The van der Waals surface area contributed by atoms with Crippen molar-refractivity contribution >= 4 is 22.9 Å². The fourth-order valence-corrected chi connectivity index (χ4v) is 4.27. The number of thiazole rings is 1. The number of hydrogen-bond donors (Lipinski definition) is 1. The molecule has 1 unspecified atom stereocenters. The second kappa shape index (κ2) is 7.06. The number of carbonyl (C=O) groups excluding carboxylic acids is 1. The highest BCUT2D eigenvalue weighted by Gasteiger charge is 2.28. The number of nitriles is 1. The molecule has 2 aromatic heterocycles. The average molecular weight is 360 g/mol. The van der Waals surface area contributed by atoms with Crippen LogP contribution in [-0.2, 0) is 17.6 Å². The molecule has 128 valence electrons. The normalized spacial score (nSPS) is 15.7. The van der Waals surface area contributed by atoms with Gasteiger partial charge in [-0.1, -0.05) is 12.1 Å². The zero-order chi connectivity index (χ0) is 17.9. The number of amides is 1. The Hall–Kier alpha value is -3.04. The van der Waals surface area contributed by atoms with E-state index in [1.54, 1.807) is 41.8 Å². The summed E-state index contributed by atoms with van der Waals surface area (Å²) in [5, 5.41) is 12.8. The maximum absolute atomic E-state index is 12.6. The quantitative estimate of drug-likeness (QED) is 0.770. The van der Waals surface area contributed by atoms with Crippen LogP contribution in [0.15, 0.2) is 48.7 Å². The molecule has 0 spiro atoms. The Balaban J connectivity index is 1.48. The summed E-state index contributed by atoms with van der Waals surface area (Å²) in [6.45, 7) is 0. The molecular formula is C20H16N4OS. The first-order valence-corrected chi connectivity index (χ1v) is 9.25. The first-order chi connectivity index (χ1) is 12.7. The highest BCUT2D eigenvalue weighted by Crippen LogP contribution is 2.34. The average Bonchev–Trinajstić information content (AvgIpc) is 3.12. The molecule has 1 aliphatic rings. The molecular weight excluding hydrogens is 344 g/mol. The molecule has 0 fully saturated rings. The largest absolute Gasteiger partial charge is 0.326 e. The Morgan fingerprint density at radius 2 is 2.19 bits per heavy atom. The van der Waals surface area contributed by atoms with Crippen LogP contribution in [0.5, 0.6) is 0 Å². The fourth-order valence-electron chi connectivity index (χ4n) is 3.11. The Morgan fingerprint density at radius 3 is 3.00 bits per heavy atom. The third kappa shape index (κ3) is 3.35. The molecule has 2 heterocycles. The topological polar surface area (TPSA) is 78.7 Å². The number of nitrogens with one attached hydrogen (secondary N) is 1. The highest BCUT2D eigenvalue weighted by atomic mass is 32.1. The van der Waals surface area contributed by atoms with Gasteiger partial charge in [-0.05, 0) is 49.6 Å². The van der Waals surface area contributed by atoms with Gasteiger partial charge in [-0.15, -0.1) is 11.3 Å². The summed E-state index contributed by atoms with van der Waals surface area (Å²) in [6, 6.07) is 14.9. The molecule has 1 amide bonds. The summed E-state index contributed by atoms with van der Waals surface area (Å²) in [5.74, 6) is -0.0798. The summed E-state index contributed by atoms with van der Waals surface area (Å²) in [4.78, 5) is 22.9. The number of nitrogens with zero attached hydrogens (tertiary/aromatic N) is 3. The number of carbonyl (C=O) groups is 1. The lowest BCUT2D eigenvalue weighted by Gasteiger charge is -2.20. The molecule has 1 aliphatic carbocycles. The van der Waals surface area contributed by atoms with E-state index in [9.17, 15) is 4.79 Å². The lowest BCUT2D eigenvalue weighted by atomic mass is 9.90. The number of hydrogen-bond acceptors (Lipinski definition) is 5. The molecule has 0 radical (unpaired) electrons. The SMILES string of the molecule is N#Cc1cccc(NC(=O)C2CCc3nc(-c4ccccn4)sc3C2)c1. The van der Waals surface area contributed by atoms with Gasteiger partial charge in [-0.2, -0.15) is 5.26 Å². The van der Waals surface area contributed by atoms with Gasteiger partial charge in [0, 0.05) is 22.7 Å². The minimum Gasteiger partial charge on any atom is -0.326 e. The molecule has 1 atom stereocenters. The minimum absolute atomic E-state index is 0.00136. The van der Waals surface area contributed by atoms with Crippen molar-refractivity contribution in [2.75, 3.05) is 5.32 Å². The van der Waals surface area contributed by atoms with Crippen molar-refractivity contribution < 1.29 is 4.79 Å². The molecule has 0 saturated carbocycles. The molecule has 1 aromatic carbocycles. The molecule has 6 heteroatoms. The Labute approximate surface area is 155 Å². The Morgan fingerprint density at radius 1 is 1.27 bits per heavy atom. The minimum atomic E-state index is -0.0784. The van der Waals surface area contributed by atoms with Crippen molar-refractivity contribution in [1.29, 1.82) is 5.26 Å². The molecule has 26 heavy (non-hydrogen) atoms. The molecule has 4 rings (SSSR count). The van der Waals surface area contributed by atoms with Crippen LogP contribution in [0.3, 0.4) is 0 Å². The number of fused-ring (bicyclic) bond motifs is 1. The van der Waals surface area contributed by atoms with Gasteiger partial charge in [0.05, 0.1) is 23.0 Å². The van der Waals surface area contributed by atoms with Gasteiger partial charge in [0.25, 0.3) is 0 Å². The zero-order valence-electron chi connectivity index (χ0n) is 14.0. The van der Waals surface area contributed by atoms with E-state index >= 15 is 0 Å². The van der Waals surface area contributed by atoms with Crippen molar-refractivity contribution in [2.24, 2.45) is 5.92 Å². The van der Waals surface area contributed by atoms with E-state index in [1.807, 2.05) is 18.2 Å². The number of anilines is 1.